The molecule has 1 amide bonds. The summed E-state index contributed by atoms with van der Waals surface area (Å²) in [5.74, 6) is -0.754. The zero-order chi connectivity index (χ0) is 13.0. The van der Waals surface area contributed by atoms with E-state index >= 15 is 0 Å². The van der Waals surface area contributed by atoms with Gasteiger partial charge in [-0.05, 0) is 25.3 Å². The number of carbonyl (C=O) groups excluding carboxylic acids is 1. The zero-order valence-corrected chi connectivity index (χ0v) is 10.2. The van der Waals surface area contributed by atoms with Crippen molar-refractivity contribution in [3.8, 4) is 0 Å². The second-order valence-electron chi connectivity index (χ2n) is 4.38. The summed E-state index contributed by atoms with van der Waals surface area (Å²) in [5.41, 5.74) is 0.375. The summed E-state index contributed by atoms with van der Waals surface area (Å²) in [6.45, 7) is 5.48. The number of carbonyl (C=O) groups is 2. The molecular weight excluding hydrogens is 222 g/mol. The van der Waals surface area contributed by atoms with E-state index in [0.717, 1.165) is 0 Å². The highest BCUT2D eigenvalue weighted by atomic mass is 16.4. The highest BCUT2D eigenvalue weighted by Crippen LogP contribution is 2.10. The monoisotopic (exact) mass is 239 g/mol. The molecule has 94 valence electrons. The Labute approximate surface area is 99.8 Å². The molecule has 5 heteroatoms. The fourth-order valence-electron chi connectivity index (χ4n) is 1.55. The molecule has 0 aromatic carbocycles. The van der Waals surface area contributed by atoms with Crippen LogP contribution in [0.1, 0.15) is 36.4 Å². The Kier molecular flexibility index (Phi) is 4.31. The van der Waals surface area contributed by atoms with E-state index in [-0.39, 0.29) is 5.92 Å². The molecule has 1 aromatic rings. The van der Waals surface area contributed by atoms with Crippen molar-refractivity contribution in [2.24, 2.45) is 5.92 Å². The molecule has 0 unspecified atom stereocenters. The molecule has 2 N–H and O–H groups in total. The smallest absolute Gasteiger partial charge is 0.326 e. The average Bonchev–Trinajstić information content (AvgIpc) is 2.62. The van der Waals surface area contributed by atoms with Gasteiger partial charge in [-0.15, -0.1) is 0 Å². The number of rotatable bonds is 5. The molecule has 0 bridgehead atoms. The lowest BCUT2D eigenvalue weighted by atomic mass is 10.0. The molecule has 0 aliphatic carbocycles. The Bertz CT molecular complexity index is 408. The predicted molar refractivity (Wildman–Crippen MR) is 61.8 cm³/mol. The maximum Gasteiger partial charge on any atom is 0.326 e. The minimum absolute atomic E-state index is 0.196. The third-order valence-corrected chi connectivity index (χ3v) is 2.41. The first-order valence-corrected chi connectivity index (χ1v) is 5.49. The number of aliphatic carboxylic acids is 1. The molecule has 5 nitrogen and oxygen atoms in total. The average molecular weight is 239 g/mol. The van der Waals surface area contributed by atoms with Crippen LogP contribution in [-0.4, -0.2) is 23.0 Å². The van der Waals surface area contributed by atoms with Gasteiger partial charge < -0.3 is 14.8 Å². The van der Waals surface area contributed by atoms with E-state index in [0.29, 0.717) is 17.7 Å². The second kappa shape index (κ2) is 5.52. The van der Waals surface area contributed by atoms with Crippen LogP contribution in [-0.2, 0) is 4.79 Å². The topological polar surface area (TPSA) is 79.5 Å². The van der Waals surface area contributed by atoms with Crippen molar-refractivity contribution in [2.75, 3.05) is 0 Å². The summed E-state index contributed by atoms with van der Waals surface area (Å²) in [5, 5.41) is 11.5. The van der Waals surface area contributed by atoms with Gasteiger partial charge in [0, 0.05) is 0 Å². The van der Waals surface area contributed by atoms with Gasteiger partial charge in [0.15, 0.2) is 0 Å². The highest BCUT2D eigenvalue weighted by Gasteiger charge is 2.22. The number of furan rings is 1. The quantitative estimate of drug-likeness (QED) is 0.821. The van der Waals surface area contributed by atoms with E-state index in [9.17, 15) is 9.59 Å². The molecule has 0 saturated carbocycles. The van der Waals surface area contributed by atoms with Crippen molar-refractivity contribution in [3.05, 3.63) is 23.7 Å². The van der Waals surface area contributed by atoms with E-state index < -0.39 is 17.9 Å². The van der Waals surface area contributed by atoms with Gasteiger partial charge >= 0.3 is 5.97 Å². The van der Waals surface area contributed by atoms with Gasteiger partial charge in [-0.1, -0.05) is 13.8 Å². The van der Waals surface area contributed by atoms with Gasteiger partial charge in [0.2, 0.25) is 0 Å². The van der Waals surface area contributed by atoms with Crippen molar-refractivity contribution in [1.82, 2.24) is 5.32 Å². The van der Waals surface area contributed by atoms with Crippen LogP contribution in [0.25, 0.3) is 0 Å². The Morgan fingerprint density at radius 1 is 1.47 bits per heavy atom. The summed E-state index contributed by atoms with van der Waals surface area (Å²) in [7, 11) is 0. The minimum atomic E-state index is -1.02. The fraction of sp³-hybridized carbons (Fsp3) is 0.500. The van der Waals surface area contributed by atoms with Crippen LogP contribution < -0.4 is 5.32 Å². The van der Waals surface area contributed by atoms with Crippen LogP contribution >= 0.6 is 0 Å². The summed E-state index contributed by atoms with van der Waals surface area (Å²) in [6.07, 6.45) is 1.81. The second-order valence-corrected chi connectivity index (χ2v) is 4.38. The van der Waals surface area contributed by atoms with Crippen LogP contribution in [0.15, 0.2) is 16.7 Å². The number of aryl methyl sites for hydroxylation is 1. The Morgan fingerprint density at radius 3 is 2.53 bits per heavy atom. The van der Waals surface area contributed by atoms with E-state index in [1.165, 1.54) is 12.3 Å². The number of hydrogen-bond acceptors (Lipinski definition) is 3. The molecule has 0 radical (unpaired) electrons. The van der Waals surface area contributed by atoms with Crippen LogP contribution in [0, 0.1) is 12.8 Å². The molecule has 17 heavy (non-hydrogen) atoms. The first-order chi connectivity index (χ1) is 7.91. The van der Waals surface area contributed by atoms with Crippen molar-refractivity contribution < 1.29 is 19.1 Å². The van der Waals surface area contributed by atoms with E-state index in [4.69, 9.17) is 9.52 Å². The first-order valence-electron chi connectivity index (χ1n) is 5.49. The molecule has 1 rings (SSSR count). The Balaban J connectivity index is 2.71. The predicted octanol–water partition coefficient (Wildman–Crippen LogP) is 1.82. The SMILES string of the molecule is Cc1occc1C(=O)N[C@@H](CC(C)C)C(=O)O. The molecular formula is C12H17NO4. The summed E-state index contributed by atoms with van der Waals surface area (Å²) in [4.78, 5) is 22.8. The highest BCUT2D eigenvalue weighted by molar-refractivity contribution is 5.97. The molecule has 0 saturated heterocycles. The molecule has 0 fully saturated rings. The largest absolute Gasteiger partial charge is 0.480 e. The van der Waals surface area contributed by atoms with Gasteiger partial charge in [-0.3, -0.25) is 4.79 Å². The van der Waals surface area contributed by atoms with Crippen molar-refractivity contribution in [3.63, 3.8) is 0 Å². The zero-order valence-electron chi connectivity index (χ0n) is 10.2. The number of amides is 1. The van der Waals surface area contributed by atoms with Gasteiger partial charge in [0.1, 0.15) is 11.8 Å². The third-order valence-electron chi connectivity index (χ3n) is 2.41. The number of nitrogens with one attached hydrogen (secondary N) is 1. The molecule has 1 heterocycles. The molecule has 1 aromatic heterocycles. The van der Waals surface area contributed by atoms with Crippen molar-refractivity contribution in [2.45, 2.75) is 33.2 Å². The van der Waals surface area contributed by atoms with Crippen LogP contribution in [0.5, 0.6) is 0 Å². The maximum atomic E-state index is 11.8. The van der Waals surface area contributed by atoms with Crippen molar-refractivity contribution >= 4 is 11.9 Å². The van der Waals surface area contributed by atoms with Gasteiger partial charge in [-0.2, -0.15) is 0 Å². The number of carboxylic acids is 1. The summed E-state index contributed by atoms with van der Waals surface area (Å²) < 4.78 is 5.00. The van der Waals surface area contributed by atoms with E-state index in [1.807, 2.05) is 13.8 Å². The first kappa shape index (κ1) is 13.3. The lowest BCUT2D eigenvalue weighted by Crippen LogP contribution is -2.41. The minimum Gasteiger partial charge on any atom is -0.480 e. The van der Waals surface area contributed by atoms with Crippen molar-refractivity contribution in [1.29, 1.82) is 0 Å². The lowest BCUT2D eigenvalue weighted by Gasteiger charge is -2.16. The molecule has 0 spiro atoms. The third kappa shape index (κ3) is 3.62. The number of carboxylic acid groups (broad SMARTS) is 1. The fourth-order valence-corrected chi connectivity index (χ4v) is 1.55. The Morgan fingerprint density at radius 2 is 2.12 bits per heavy atom. The van der Waals surface area contributed by atoms with E-state index in [2.05, 4.69) is 5.32 Å². The van der Waals surface area contributed by atoms with Gasteiger partial charge in [0.05, 0.1) is 11.8 Å². The molecule has 1 atom stereocenters. The van der Waals surface area contributed by atoms with Gasteiger partial charge in [-0.25, -0.2) is 4.79 Å². The van der Waals surface area contributed by atoms with E-state index in [1.54, 1.807) is 6.92 Å². The standard InChI is InChI=1S/C12H17NO4/c1-7(2)6-10(12(15)16)13-11(14)9-4-5-17-8(9)3/h4-5,7,10H,6H2,1-3H3,(H,13,14)(H,15,16)/t10-/m0/s1. The van der Waals surface area contributed by atoms with Gasteiger partial charge in [0.25, 0.3) is 5.91 Å². The normalized spacial score (nSPS) is 12.5. The number of hydrogen-bond donors (Lipinski definition) is 2. The molecule has 0 aliphatic rings. The summed E-state index contributed by atoms with van der Waals surface area (Å²) >= 11 is 0. The Hall–Kier alpha value is -1.78. The maximum absolute atomic E-state index is 11.8. The van der Waals surface area contributed by atoms with Crippen LogP contribution in [0.2, 0.25) is 0 Å². The molecule has 0 aliphatic heterocycles. The summed E-state index contributed by atoms with van der Waals surface area (Å²) in [6, 6.07) is 0.663. The lowest BCUT2D eigenvalue weighted by molar-refractivity contribution is -0.139. The van der Waals surface area contributed by atoms with Crippen LogP contribution in [0.4, 0.5) is 0 Å². The van der Waals surface area contributed by atoms with Crippen LogP contribution in [0.3, 0.4) is 0 Å².